The van der Waals surface area contributed by atoms with Crippen molar-refractivity contribution < 1.29 is 23.1 Å². The van der Waals surface area contributed by atoms with Gasteiger partial charge in [-0.2, -0.15) is 5.10 Å². The Bertz CT molecular complexity index is 1780. The molecule has 0 saturated heterocycles. The quantitative estimate of drug-likeness (QED) is 0.0899. The van der Waals surface area contributed by atoms with Gasteiger partial charge in [-0.15, -0.1) is 0 Å². The Labute approximate surface area is 300 Å². The molecule has 272 valence electrons. The lowest BCUT2D eigenvalue weighted by Crippen LogP contribution is -2.47. The molecule has 0 radical (unpaired) electrons. The van der Waals surface area contributed by atoms with Gasteiger partial charge in [-0.1, -0.05) is 52.5 Å². The monoisotopic (exact) mass is 720 g/mol. The molecule has 0 aliphatic rings. The molecule has 0 aliphatic heterocycles. The number of halogens is 1. The highest BCUT2D eigenvalue weighted by atomic mass is 28.4. The molecule has 0 aliphatic carbocycles. The van der Waals surface area contributed by atoms with Crippen LogP contribution in [-0.4, -0.2) is 67.8 Å². The Morgan fingerprint density at radius 1 is 1.04 bits per heavy atom. The fourth-order valence-electron chi connectivity index (χ4n) is 5.75. The van der Waals surface area contributed by atoms with Crippen LogP contribution in [0.3, 0.4) is 0 Å². The SMILES string of the molecule is CCOc1cc(C(=O)N(CC(C)O[Si](C)(C)C(C)(C)C)C(C)c2cnc(C)c3cnn(COCC[Si](C)(C)C)c23)ccc1-c1cccc(F)c1. The number of fused-ring (bicyclic) bond motifs is 1. The molecule has 8 nitrogen and oxygen atoms in total. The Morgan fingerprint density at radius 2 is 1.76 bits per heavy atom. The second-order valence-corrected chi connectivity index (χ2v) is 26.4. The molecule has 2 unspecified atom stereocenters. The lowest BCUT2D eigenvalue weighted by atomic mass is 10.00. The van der Waals surface area contributed by atoms with Crippen molar-refractivity contribution in [2.75, 3.05) is 19.8 Å². The van der Waals surface area contributed by atoms with E-state index in [1.165, 1.54) is 12.1 Å². The van der Waals surface area contributed by atoms with Crippen LogP contribution in [0.4, 0.5) is 4.39 Å². The highest BCUT2D eigenvalue weighted by Gasteiger charge is 2.39. The number of nitrogens with zero attached hydrogens (tertiary/aromatic N) is 4. The van der Waals surface area contributed by atoms with Gasteiger partial charge in [0.1, 0.15) is 18.3 Å². The van der Waals surface area contributed by atoms with E-state index < -0.39 is 16.4 Å². The lowest BCUT2D eigenvalue weighted by Gasteiger charge is -2.40. The Hall–Kier alpha value is -3.39. The molecule has 4 aromatic rings. The number of aryl methyl sites for hydroxylation is 1. The smallest absolute Gasteiger partial charge is 0.254 e. The second kappa shape index (κ2) is 15.9. The van der Waals surface area contributed by atoms with Crippen LogP contribution in [0.5, 0.6) is 5.75 Å². The summed E-state index contributed by atoms with van der Waals surface area (Å²) < 4.78 is 35.0. The Morgan fingerprint density at radius 3 is 2.40 bits per heavy atom. The summed E-state index contributed by atoms with van der Waals surface area (Å²) in [6.45, 7) is 27.8. The number of amides is 1. The van der Waals surface area contributed by atoms with E-state index in [0.29, 0.717) is 43.4 Å². The minimum atomic E-state index is -2.14. The van der Waals surface area contributed by atoms with Crippen molar-refractivity contribution in [3.05, 3.63) is 77.5 Å². The van der Waals surface area contributed by atoms with Crippen LogP contribution in [0, 0.1) is 12.7 Å². The largest absolute Gasteiger partial charge is 0.493 e. The van der Waals surface area contributed by atoms with E-state index in [4.69, 9.17) is 24.0 Å². The zero-order valence-electron chi connectivity index (χ0n) is 32.2. The summed E-state index contributed by atoms with van der Waals surface area (Å²) >= 11 is 0. The number of rotatable bonds is 15. The third-order valence-corrected chi connectivity index (χ3v) is 16.0. The molecule has 0 N–H and O–H groups in total. The highest BCUT2D eigenvalue weighted by molar-refractivity contribution is 6.76. The first-order valence-electron chi connectivity index (χ1n) is 17.7. The molecule has 2 aromatic carbocycles. The summed E-state index contributed by atoms with van der Waals surface area (Å²) in [6.07, 6.45) is 3.47. The van der Waals surface area contributed by atoms with E-state index in [-0.39, 0.29) is 28.9 Å². The number of aromatic nitrogens is 3. The van der Waals surface area contributed by atoms with Crippen LogP contribution in [0.15, 0.2) is 54.9 Å². The maximum absolute atomic E-state index is 14.7. The van der Waals surface area contributed by atoms with E-state index in [9.17, 15) is 9.18 Å². The summed E-state index contributed by atoms with van der Waals surface area (Å²) in [5.41, 5.74) is 4.53. The molecule has 2 atom stereocenters. The van der Waals surface area contributed by atoms with E-state index in [1.54, 1.807) is 18.2 Å². The van der Waals surface area contributed by atoms with Crippen molar-refractivity contribution >= 4 is 33.2 Å². The minimum Gasteiger partial charge on any atom is -0.493 e. The van der Waals surface area contributed by atoms with Gasteiger partial charge in [-0.3, -0.25) is 9.78 Å². The molecular formula is C39H57FN4O4Si2. The van der Waals surface area contributed by atoms with E-state index in [0.717, 1.165) is 33.8 Å². The topological polar surface area (TPSA) is 78.7 Å². The van der Waals surface area contributed by atoms with Crippen LogP contribution in [0.2, 0.25) is 43.8 Å². The molecule has 0 bridgehead atoms. The zero-order valence-corrected chi connectivity index (χ0v) is 34.2. The molecule has 1 amide bonds. The summed E-state index contributed by atoms with van der Waals surface area (Å²) in [7, 11) is -3.40. The minimum absolute atomic E-state index is 0.00979. The first kappa shape index (κ1) is 39.4. The molecule has 50 heavy (non-hydrogen) atoms. The number of pyridine rings is 1. The average Bonchev–Trinajstić information content (AvgIpc) is 3.45. The molecule has 0 spiro atoms. The fraction of sp³-hybridized carbons (Fsp3) is 0.513. The van der Waals surface area contributed by atoms with Gasteiger partial charge in [0.25, 0.3) is 5.91 Å². The van der Waals surface area contributed by atoms with E-state index >= 15 is 0 Å². The van der Waals surface area contributed by atoms with Crippen LogP contribution in [0.25, 0.3) is 22.0 Å². The van der Waals surface area contributed by atoms with Crippen LogP contribution >= 0.6 is 0 Å². The maximum atomic E-state index is 14.7. The first-order chi connectivity index (χ1) is 23.3. The zero-order chi connectivity index (χ0) is 37.0. The molecule has 2 aromatic heterocycles. The van der Waals surface area contributed by atoms with Crippen molar-refractivity contribution in [1.82, 2.24) is 19.7 Å². The predicted molar refractivity (Wildman–Crippen MR) is 207 cm³/mol. The van der Waals surface area contributed by atoms with Crippen LogP contribution in [-0.2, 0) is 15.9 Å². The first-order valence-corrected chi connectivity index (χ1v) is 24.3. The third-order valence-electron chi connectivity index (χ3n) is 9.71. The number of hydrogen-bond acceptors (Lipinski definition) is 6. The highest BCUT2D eigenvalue weighted by Crippen LogP contribution is 2.38. The maximum Gasteiger partial charge on any atom is 0.254 e. The van der Waals surface area contributed by atoms with Gasteiger partial charge < -0.3 is 18.8 Å². The van der Waals surface area contributed by atoms with Gasteiger partial charge in [0.2, 0.25) is 0 Å². The molecule has 0 saturated carbocycles. The van der Waals surface area contributed by atoms with Crippen LogP contribution < -0.4 is 4.74 Å². The molecule has 11 heteroatoms. The molecular weight excluding hydrogens is 664 g/mol. The van der Waals surface area contributed by atoms with Gasteiger partial charge in [-0.25, -0.2) is 9.07 Å². The summed E-state index contributed by atoms with van der Waals surface area (Å²) in [6, 6.07) is 12.5. The van der Waals surface area contributed by atoms with Crippen molar-refractivity contribution in [3.8, 4) is 16.9 Å². The Kier molecular flexibility index (Phi) is 12.5. The van der Waals surface area contributed by atoms with Gasteiger partial charge in [0, 0.05) is 55.2 Å². The van der Waals surface area contributed by atoms with E-state index in [2.05, 4.69) is 53.5 Å². The number of carbonyl (C=O) groups excluding carboxylic acids is 1. The molecule has 0 fully saturated rings. The van der Waals surface area contributed by atoms with Crippen molar-refractivity contribution in [2.45, 2.75) is 111 Å². The summed E-state index contributed by atoms with van der Waals surface area (Å²) in [4.78, 5) is 21.4. The Balaban J connectivity index is 1.77. The third kappa shape index (κ3) is 9.48. The van der Waals surface area contributed by atoms with Gasteiger partial charge in [0.05, 0.1) is 30.5 Å². The standard InChI is InChI=1S/C39H57FN4O4Si2/c1-13-47-36-22-31(17-18-33(36)30-15-14-16-32(40)21-30)38(45)43(25-27(2)48-50(11,12)39(5,6)7)29(4)35-23-41-28(3)34-24-42-44(37(34)35)26-46-19-20-49(8,9)10/h14-18,21-24,27,29H,13,19-20,25-26H2,1-12H3. The van der Waals surface area contributed by atoms with Crippen molar-refractivity contribution in [2.24, 2.45) is 0 Å². The number of hydrogen-bond donors (Lipinski definition) is 0. The molecule has 2 heterocycles. The van der Waals surface area contributed by atoms with Crippen LogP contribution in [0.1, 0.15) is 69.2 Å². The van der Waals surface area contributed by atoms with Gasteiger partial charge in [-0.05, 0) is 87.8 Å². The number of ether oxygens (including phenoxy) is 2. The van der Waals surface area contributed by atoms with E-state index in [1.807, 2.05) is 61.8 Å². The number of benzene rings is 2. The van der Waals surface area contributed by atoms with Crippen molar-refractivity contribution in [3.63, 3.8) is 0 Å². The summed E-state index contributed by atoms with van der Waals surface area (Å²) in [5, 5.41) is 5.65. The van der Waals surface area contributed by atoms with Gasteiger partial charge >= 0.3 is 0 Å². The predicted octanol–water partition coefficient (Wildman–Crippen LogP) is 9.87. The number of carbonyl (C=O) groups is 1. The van der Waals surface area contributed by atoms with Crippen molar-refractivity contribution in [1.29, 1.82) is 0 Å². The normalized spacial score (nSPS) is 13.8. The molecule has 4 rings (SSSR count). The fourth-order valence-corrected chi connectivity index (χ4v) is 7.94. The second-order valence-electron chi connectivity index (χ2n) is 16.0. The summed E-state index contributed by atoms with van der Waals surface area (Å²) in [5.74, 6) is 0.0238. The average molecular weight is 721 g/mol. The lowest BCUT2D eigenvalue weighted by molar-refractivity contribution is 0.0571. The van der Waals surface area contributed by atoms with Gasteiger partial charge in [0.15, 0.2) is 8.32 Å².